The normalized spacial score (nSPS) is 11.9. The number of ketones is 1. The van der Waals surface area contributed by atoms with Gasteiger partial charge in [0.2, 0.25) is 5.78 Å². The number of rotatable bonds is 7. The number of esters is 1. The molecular weight excluding hydrogens is 394 g/mol. The zero-order valence-electron chi connectivity index (χ0n) is 16.6. The predicted molar refractivity (Wildman–Crippen MR) is 105 cm³/mol. The summed E-state index contributed by atoms with van der Waals surface area (Å²) >= 11 is 0. The third-order valence-corrected chi connectivity index (χ3v) is 4.54. The molecule has 8 heteroatoms. The minimum atomic E-state index is -2.90. The summed E-state index contributed by atoms with van der Waals surface area (Å²) < 4.78 is 36.1. The van der Waals surface area contributed by atoms with E-state index in [9.17, 15) is 18.4 Å². The van der Waals surface area contributed by atoms with Crippen molar-refractivity contribution in [3.05, 3.63) is 77.4 Å². The molecule has 0 fully saturated rings. The van der Waals surface area contributed by atoms with Crippen LogP contribution >= 0.6 is 0 Å². The molecule has 0 bridgehead atoms. The molecule has 156 valence electrons. The Morgan fingerprint density at radius 2 is 1.77 bits per heavy atom. The highest BCUT2D eigenvalue weighted by atomic mass is 19.3. The lowest BCUT2D eigenvalue weighted by molar-refractivity contribution is -0.0498. The fourth-order valence-corrected chi connectivity index (χ4v) is 3.16. The molecule has 0 radical (unpaired) electrons. The topological polar surface area (TPSA) is 70.4 Å². The van der Waals surface area contributed by atoms with Crippen LogP contribution in [0.15, 0.2) is 54.7 Å². The van der Waals surface area contributed by atoms with Crippen LogP contribution in [0.1, 0.15) is 39.2 Å². The van der Waals surface area contributed by atoms with Crippen LogP contribution in [0.5, 0.6) is 5.75 Å². The molecule has 0 spiro atoms. The Morgan fingerprint density at radius 1 is 1.07 bits per heavy atom. The van der Waals surface area contributed by atoms with E-state index >= 15 is 0 Å². The summed E-state index contributed by atoms with van der Waals surface area (Å²) in [7, 11) is 0. The first kappa shape index (κ1) is 21.2. The van der Waals surface area contributed by atoms with Crippen molar-refractivity contribution in [3.8, 4) is 11.4 Å². The van der Waals surface area contributed by atoms with Gasteiger partial charge in [0, 0.05) is 28.8 Å². The highest BCUT2D eigenvalue weighted by Crippen LogP contribution is 2.25. The molecule has 1 aromatic carbocycles. The fraction of sp³-hybridized carbons (Fsp3) is 0.227. The van der Waals surface area contributed by atoms with Crippen molar-refractivity contribution in [2.45, 2.75) is 33.5 Å². The first-order valence-corrected chi connectivity index (χ1v) is 9.18. The molecule has 0 aliphatic carbocycles. The molecule has 0 saturated heterocycles. The molecular formula is C22H20F2N2O4. The lowest BCUT2D eigenvalue weighted by Crippen LogP contribution is -2.25. The molecule has 3 aromatic rings. The molecule has 0 aliphatic heterocycles. The van der Waals surface area contributed by atoms with Crippen LogP contribution in [0.3, 0.4) is 0 Å². The largest absolute Gasteiger partial charge is 0.450 e. The number of ether oxygens (including phenoxy) is 2. The maximum Gasteiger partial charge on any atom is 0.387 e. The van der Waals surface area contributed by atoms with Crippen LogP contribution in [-0.4, -0.2) is 34.0 Å². The number of halogens is 2. The van der Waals surface area contributed by atoms with Crippen LogP contribution in [0.4, 0.5) is 8.78 Å². The molecule has 2 aromatic heterocycles. The van der Waals surface area contributed by atoms with Crippen molar-refractivity contribution in [3.63, 3.8) is 0 Å². The highest BCUT2D eigenvalue weighted by molar-refractivity contribution is 6.02. The van der Waals surface area contributed by atoms with Gasteiger partial charge in [0.25, 0.3) is 0 Å². The van der Waals surface area contributed by atoms with E-state index in [4.69, 9.17) is 4.74 Å². The Bertz CT molecular complexity index is 1050. The van der Waals surface area contributed by atoms with Crippen LogP contribution in [0, 0.1) is 13.8 Å². The van der Waals surface area contributed by atoms with Gasteiger partial charge in [-0.2, -0.15) is 8.78 Å². The van der Waals surface area contributed by atoms with Gasteiger partial charge in [-0.05, 0) is 63.2 Å². The quantitative estimate of drug-likeness (QED) is 0.420. The number of nitrogens with zero attached hydrogens (tertiary/aromatic N) is 2. The average molecular weight is 414 g/mol. The van der Waals surface area contributed by atoms with Gasteiger partial charge < -0.3 is 14.0 Å². The monoisotopic (exact) mass is 414 g/mol. The Labute approximate surface area is 172 Å². The van der Waals surface area contributed by atoms with Gasteiger partial charge in [-0.25, -0.2) is 9.78 Å². The maximum atomic E-state index is 12.9. The van der Waals surface area contributed by atoms with Gasteiger partial charge in [-0.15, -0.1) is 0 Å². The van der Waals surface area contributed by atoms with E-state index in [2.05, 4.69) is 9.72 Å². The first-order valence-electron chi connectivity index (χ1n) is 9.18. The summed E-state index contributed by atoms with van der Waals surface area (Å²) in [6, 6.07) is 12.6. The van der Waals surface area contributed by atoms with Crippen molar-refractivity contribution in [1.82, 2.24) is 9.55 Å². The molecule has 0 saturated carbocycles. The Kier molecular flexibility index (Phi) is 6.25. The van der Waals surface area contributed by atoms with Crippen molar-refractivity contribution in [2.24, 2.45) is 0 Å². The number of aryl methyl sites for hydroxylation is 1. The SMILES string of the molecule is Cc1cc(C(=O)[C@H](C)OC(=O)c2ccccn2)c(C)n1-c1ccc(OC(F)F)cc1. The summed E-state index contributed by atoms with van der Waals surface area (Å²) in [5, 5.41) is 0. The molecule has 0 aliphatic rings. The lowest BCUT2D eigenvalue weighted by atomic mass is 10.1. The summed E-state index contributed by atoms with van der Waals surface area (Å²) in [6.07, 6.45) is 0.462. The molecule has 6 nitrogen and oxygen atoms in total. The standard InChI is InChI=1S/C22H20F2N2O4/c1-13-12-18(20(27)15(3)29-21(28)19-6-4-5-11-25-19)14(2)26(13)16-7-9-17(10-8-16)30-22(23)24/h4-12,15,22H,1-3H3/t15-/m0/s1. The molecule has 0 amide bonds. The van der Waals surface area contributed by atoms with E-state index in [0.717, 1.165) is 5.69 Å². The van der Waals surface area contributed by atoms with E-state index in [1.807, 2.05) is 11.5 Å². The van der Waals surface area contributed by atoms with Crippen LogP contribution in [0.25, 0.3) is 5.69 Å². The molecule has 0 unspecified atom stereocenters. The average Bonchev–Trinajstić information content (AvgIpc) is 3.02. The summed E-state index contributed by atoms with van der Waals surface area (Å²) in [6.45, 7) is 2.19. The number of carbonyl (C=O) groups is 2. The van der Waals surface area contributed by atoms with Crippen LogP contribution in [-0.2, 0) is 4.74 Å². The molecule has 1 atom stereocenters. The molecule has 30 heavy (non-hydrogen) atoms. The van der Waals surface area contributed by atoms with Gasteiger partial charge in [0.15, 0.2) is 6.10 Å². The zero-order valence-corrected chi connectivity index (χ0v) is 16.6. The maximum absolute atomic E-state index is 12.9. The number of Topliss-reactive ketones (excluding diaryl/α,β-unsaturated/α-hetero) is 1. The summed E-state index contributed by atoms with van der Waals surface area (Å²) in [5.74, 6) is -0.987. The number of hydrogen-bond acceptors (Lipinski definition) is 5. The van der Waals surface area contributed by atoms with E-state index in [-0.39, 0.29) is 17.2 Å². The first-order chi connectivity index (χ1) is 14.3. The minimum Gasteiger partial charge on any atom is -0.450 e. The fourth-order valence-electron chi connectivity index (χ4n) is 3.16. The Morgan fingerprint density at radius 3 is 2.37 bits per heavy atom. The smallest absolute Gasteiger partial charge is 0.387 e. The van der Waals surface area contributed by atoms with Crippen LogP contribution in [0.2, 0.25) is 0 Å². The summed E-state index contributed by atoms with van der Waals surface area (Å²) in [5.41, 5.74) is 2.61. The van der Waals surface area contributed by atoms with Crippen LogP contribution < -0.4 is 4.74 Å². The third kappa shape index (κ3) is 4.53. The van der Waals surface area contributed by atoms with Gasteiger partial charge in [-0.3, -0.25) is 4.79 Å². The Hall–Kier alpha value is -3.55. The summed E-state index contributed by atoms with van der Waals surface area (Å²) in [4.78, 5) is 29.0. The number of benzene rings is 1. The van der Waals surface area contributed by atoms with Crippen molar-refractivity contribution < 1.29 is 27.8 Å². The van der Waals surface area contributed by atoms with Gasteiger partial charge >= 0.3 is 12.6 Å². The molecule has 0 N–H and O–H groups in total. The second-order valence-corrected chi connectivity index (χ2v) is 6.62. The highest BCUT2D eigenvalue weighted by Gasteiger charge is 2.25. The van der Waals surface area contributed by atoms with Gasteiger partial charge in [-0.1, -0.05) is 6.07 Å². The van der Waals surface area contributed by atoms with Crippen molar-refractivity contribution in [1.29, 1.82) is 0 Å². The van der Waals surface area contributed by atoms with Gasteiger partial charge in [0.05, 0.1) is 0 Å². The number of aromatic nitrogens is 2. The number of carbonyl (C=O) groups excluding carboxylic acids is 2. The second-order valence-electron chi connectivity index (χ2n) is 6.62. The molecule has 3 rings (SSSR count). The third-order valence-electron chi connectivity index (χ3n) is 4.54. The minimum absolute atomic E-state index is 0.0440. The van der Waals surface area contributed by atoms with Gasteiger partial charge in [0.1, 0.15) is 11.4 Å². The lowest BCUT2D eigenvalue weighted by Gasteiger charge is -2.13. The van der Waals surface area contributed by atoms with E-state index in [1.54, 1.807) is 37.3 Å². The van der Waals surface area contributed by atoms with Crippen molar-refractivity contribution in [2.75, 3.05) is 0 Å². The van der Waals surface area contributed by atoms with Crippen molar-refractivity contribution >= 4 is 11.8 Å². The van der Waals surface area contributed by atoms with E-state index < -0.39 is 18.7 Å². The molecule has 2 heterocycles. The zero-order chi connectivity index (χ0) is 21.8. The predicted octanol–water partition coefficient (Wildman–Crippen LogP) is 4.52. The van der Waals surface area contributed by atoms with E-state index in [0.29, 0.717) is 16.9 Å². The van der Waals surface area contributed by atoms with E-state index in [1.165, 1.54) is 31.3 Å². The number of alkyl halides is 2. The number of hydrogen-bond donors (Lipinski definition) is 0. The number of pyridine rings is 1. The second kappa shape index (κ2) is 8.86. The Balaban J connectivity index is 1.80.